The predicted octanol–water partition coefficient (Wildman–Crippen LogP) is 5.15. The number of aliphatic hydroxyl groups excluding tert-OH is 1. The molecule has 1 saturated heterocycles. The van der Waals surface area contributed by atoms with Gasteiger partial charge in [0.15, 0.2) is 16.6 Å². The van der Waals surface area contributed by atoms with Gasteiger partial charge in [0.25, 0.3) is 5.78 Å². The molecule has 0 saturated carbocycles. The molecule has 2 unspecified atom stereocenters. The van der Waals surface area contributed by atoms with Crippen molar-refractivity contribution in [2.75, 3.05) is 25.2 Å². The zero-order valence-corrected chi connectivity index (χ0v) is 24.4. The quantitative estimate of drug-likeness (QED) is 0.118. The van der Waals surface area contributed by atoms with E-state index in [1.165, 1.54) is 12.0 Å². The molecule has 3 heterocycles. The highest BCUT2D eigenvalue weighted by molar-refractivity contribution is 7.17. The molecular formula is C31H30N2O8S. The Bertz CT molecular complexity index is 1620. The summed E-state index contributed by atoms with van der Waals surface area (Å²) in [5.74, 6) is -1.19. The highest BCUT2D eigenvalue weighted by atomic mass is 32.1. The first-order chi connectivity index (χ1) is 20.2. The lowest BCUT2D eigenvalue weighted by molar-refractivity contribution is -0.132. The van der Waals surface area contributed by atoms with Crippen molar-refractivity contribution in [2.24, 2.45) is 0 Å². The number of benzene rings is 2. The summed E-state index contributed by atoms with van der Waals surface area (Å²) in [5, 5.41) is 11.7. The Morgan fingerprint density at radius 2 is 2.00 bits per heavy atom. The fourth-order valence-corrected chi connectivity index (χ4v) is 6.08. The summed E-state index contributed by atoms with van der Waals surface area (Å²) < 4.78 is 22.2. The molecule has 1 fully saturated rings. The molecule has 1 N–H and O–H groups in total. The monoisotopic (exact) mass is 590 g/mol. The van der Waals surface area contributed by atoms with Gasteiger partial charge >= 0.3 is 11.9 Å². The molecule has 3 aromatic rings. The maximum atomic E-state index is 13.7. The van der Waals surface area contributed by atoms with E-state index in [1.807, 2.05) is 13.8 Å². The summed E-state index contributed by atoms with van der Waals surface area (Å²) in [6.45, 7) is 9.63. The third kappa shape index (κ3) is 5.11. The van der Waals surface area contributed by atoms with Gasteiger partial charge in [-0.1, -0.05) is 30.1 Å². The normalized spacial score (nSPS) is 18.9. The first-order valence-electron chi connectivity index (χ1n) is 13.4. The van der Waals surface area contributed by atoms with Crippen molar-refractivity contribution in [3.63, 3.8) is 0 Å². The minimum atomic E-state index is -1.09. The second kappa shape index (κ2) is 11.7. The van der Waals surface area contributed by atoms with Gasteiger partial charge in [-0.3, -0.25) is 14.5 Å². The average Bonchev–Trinajstić information content (AvgIpc) is 3.63. The van der Waals surface area contributed by atoms with Crippen molar-refractivity contribution in [3.05, 3.63) is 81.9 Å². The molecule has 1 aromatic heterocycles. The molecular weight excluding hydrogens is 560 g/mol. The van der Waals surface area contributed by atoms with Crippen molar-refractivity contribution >= 4 is 39.9 Å². The third-order valence-electron chi connectivity index (χ3n) is 6.92. The standard InChI is InChI=1S/C31H30N2O8S/c1-6-12-40-22-11-8-18(15-23(22)39-7-2)25-24(26(34)19-9-10-21-20(14-19)13-16(3)41-21)27(35)29(36)33(25)31-32-17(4)28(42-31)30(37)38-5/h6,8-11,14-16,25,34H,1,7,12-13H2,2-5H3/b26-24-. The number of aryl methyl sites for hydroxylation is 1. The molecule has 0 radical (unpaired) electrons. The summed E-state index contributed by atoms with van der Waals surface area (Å²) >= 11 is 0.928. The van der Waals surface area contributed by atoms with Crippen LogP contribution >= 0.6 is 11.3 Å². The smallest absolute Gasteiger partial charge is 0.350 e. The van der Waals surface area contributed by atoms with E-state index in [-0.39, 0.29) is 34.1 Å². The number of methoxy groups -OCH3 is 1. The van der Waals surface area contributed by atoms with Crippen LogP contribution in [0.1, 0.15) is 51.9 Å². The maximum Gasteiger partial charge on any atom is 0.350 e. The van der Waals surface area contributed by atoms with E-state index in [9.17, 15) is 19.5 Å². The summed E-state index contributed by atoms with van der Waals surface area (Å²) in [7, 11) is 1.25. The largest absolute Gasteiger partial charge is 0.507 e. The van der Waals surface area contributed by atoms with Crippen LogP contribution in [0.3, 0.4) is 0 Å². The third-order valence-corrected chi connectivity index (χ3v) is 8.05. The van der Waals surface area contributed by atoms with Gasteiger partial charge in [-0.25, -0.2) is 9.78 Å². The second-order valence-electron chi connectivity index (χ2n) is 9.77. The Labute approximate surface area is 246 Å². The van der Waals surface area contributed by atoms with Crippen LogP contribution in [0.5, 0.6) is 17.2 Å². The number of ether oxygens (including phenoxy) is 4. The second-order valence-corrected chi connectivity index (χ2v) is 10.7. The Kier molecular flexibility index (Phi) is 8.04. The number of nitrogens with zero attached hydrogens (tertiary/aromatic N) is 2. The number of thiazole rings is 1. The molecule has 2 aliphatic rings. The van der Waals surface area contributed by atoms with Gasteiger partial charge in [0.2, 0.25) is 0 Å². The zero-order valence-electron chi connectivity index (χ0n) is 23.6. The van der Waals surface area contributed by atoms with Crippen molar-refractivity contribution in [1.29, 1.82) is 0 Å². The lowest BCUT2D eigenvalue weighted by Crippen LogP contribution is -2.29. The van der Waals surface area contributed by atoms with Crippen LogP contribution < -0.4 is 19.1 Å². The van der Waals surface area contributed by atoms with E-state index in [0.29, 0.717) is 47.1 Å². The number of amides is 1. The molecule has 42 heavy (non-hydrogen) atoms. The highest BCUT2D eigenvalue weighted by Gasteiger charge is 2.48. The van der Waals surface area contributed by atoms with Gasteiger partial charge < -0.3 is 24.1 Å². The Hall–Kier alpha value is -4.64. The van der Waals surface area contributed by atoms with Gasteiger partial charge in [0.1, 0.15) is 29.1 Å². The molecule has 2 aliphatic heterocycles. The Morgan fingerprint density at radius 3 is 2.71 bits per heavy atom. The van der Waals surface area contributed by atoms with Gasteiger partial charge in [-0.05, 0) is 62.2 Å². The molecule has 218 valence electrons. The molecule has 1 amide bonds. The molecule has 0 spiro atoms. The SMILES string of the molecule is C=CCOc1ccc(C2/C(=C(/O)c3ccc4c(c3)CC(C)O4)C(=O)C(=O)N2c2nc(C)c(C(=O)OC)s2)cc1OCC. The van der Waals surface area contributed by atoms with Crippen molar-refractivity contribution in [2.45, 2.75) is 39.3 Å². The summed E-state index contributed by atoms with van der Waals surface area (Å²) in [5.41, 5.74) is 1.95. The fourth-order valence-electron chi connectivity index (χ4n) is 5.07. The Morgan fingerprint density at radius 1 is 1.21 bits per heavy atom. The Balaban J connectivity index is 1.70. The first-order valence-corrected chi connectivity index (χ1v) is 14.2. The van der Waals surface area contributed by atoms with Crippen LogP contribution in [0.15, 0.2) is 54.6 Å². The van der Waals surface area contributed by atoms with E-state index >= 15 is 0 Å². The average molecular weight is 591 g/mol. The van der Waals surface area contributed by atoms with Crippen LogP contribution in [0.25, 0.3) is 5.76 Å². The topological polar surface area (TPSA) is 124 Å². The van der Waals surface area contributed by atoms with Crippen LogP contribution in [0, 0.1) is 6.92 Å². The lowest BCUT2D eigenvalue weighted by Gasteiger charge is -2.24. The number of esters is 1. The molecule has 0 aliphatic carbocycles. The van der Waals surface area contributed by atoms with Crippen LogP contribution in [0.2, 0.25) is 0 Å². The van der Waals surface area contributed by atoms with Gasteiger partial charge in [0.05, 0.1) is 31.0 Å². The van der Waals surface area contributed by atoms with E-state index in [4.69, 9.17) is 18.9 Å². The maximum absolute atomic E-state index is 13.7. The summed E-state index contributed by atoms with van der Waals surface area (Å²) in [6.07, 6.45) is 2.23. The van der Waals surface area contributed by atoms with E-state index < -0.39 is 23.7 Å². The van der Waals surface area contributed by atoms with Gasteiger partial charge in [-0.2, -0.15) is 0 Å². The van der Waals surface area contributed by atoms with Crippen LogP contribution in [-0.4, -0.2) is 54.2 Å². The van der Waals surface area contributed by atoms with Crippen molar-refractivity contribution in [1.82, 2.24) is 4.98 Å². The van der Waals surface area contributed by atoms with Crippen LogP contribution in [0.4, 0.5) is 5.13 Å². The van der Waals surface area contributed by atoms with E-state index in [1.54, 1.807) is 49.4 Å². The molecule has 10 nitrogen and oxygen atoms in total. The number of carbonyl (C=O) groups is 3. The van der Waals surface area contributed by atoms with E-state index in [0.717, 1.165) is 16.9 Å². The van der Waals surface area contributed by atoms with Gasteiger partial charge in [0, 0.05) is 12.0 Å². The zero-order chi connectivity index (χ0) is 30.1. The van der Waals surface area contributed by atoms with Crippen LogP contribution in [-0.2, 0) is 20.7 Å². The minimum Gasteiger partial charge on any atom is -0.507 e. The number of fused-ring (bicyclic) bond motifs is 1. The minimum absolute atomic E-state index is 0.0149. The molecule has 2 aromatic carbocycles. The number of aromatic nitrogens is 1. The number of anilines is 1. The predicted molar refractivity (Wildman–Crippen MR) is 157 cm³/mol. The number of hydrogen-bond donors (Lipinski definition) is 1. The van der Waals surface area contributed by atoms with E-state index in [2.05, 4.69) is 11.6 Å². The van der Waals surface area contributed by atoms with Crippen molar-refractivity contribution < 1.29 is 38.4 Å². The molecule has 0 bridgehead atoms. The fraction of sp³-hybridized carbons (Fsp3) is 0.290. The number of rotatable bonds is 9. The first kappa shape index (κ1) is 28.9. The molecule has 2 atom stereocenters. The molecule has 11 heteroatoms. The molecule has 5 rings (SSSR count). The number of hydrogen-bond acceptors (Lipinski definition) is 10. The van der Waals surface area contributed by atoms with Gasteiger partial charge in [-0.15, -0.1) is 0 Å². The number of carbonyl (C=O) groups excluding carboxylic acids is 3. The summed E-state index contributed by atoms with van der Waals surface area (Å²) in [4.78, 5) is 45.5. The number of ketones is 1. The summed E-state index contributed by atoms with van der Waals surface area (Å²) in [6, 6.07) is 9.10. The number of Topliss-reactive ketones (excluding diaryl/α,β-unsaturated/α-hetero) is 1. The van der Waals surface area contributed by atoms with Crippen molar-refractivity contribution in [3.8, 4) is 17.2 Å². The highest BCUT2D eigenvalue weighted by Crippen LogP contribution is 2.46. The number of aliphatic hydroxyl groups is 1. The lowest BCUT2D eigenvalue weighted by atomic mass is 9.94.